The van der Waals surface area contributed by atoms with Gasteiger partial charge in [0, 0.05) is 11.8 Å². The van der Waals surface area contributed by atoms with Gasteiger partial charge in [0.1, 0.15) is 0 Å². The first kappa shape index (κ1) is 15.0. The lowest BCUT2D eigenvalue weighted by Gasteiger charge is -2.30. The van der Waals surface area contributed by atoms with Crippen LogP contribution in [0.2, 0.25) is 0 Å². The molecule has 2 aromatic rings. The highest BCUT2D eigenvalue weighted by Gasteiger charge is 2.29. The minimum Gasteiger partial charge on any atom is -0.380 e. The van der Waals surface area contributed by atoms with Crippen molar-refractivity contribution in [2.24, 2.45) is 0 Å². The van der Waals surface area contributed by atoms with Gasteiger partial charge in [-0.25, -0.2) is 17.6 Å². The molecule has 0 spiro atoms. The molecule has 1 saturated heterocycles. The van der Waals surface area contributed by atoms with E-state index < -0.39 is 35.1 Å². The van der Waals surface area contributed by atoms with E-state index in [1.165, 1.54) is 24.3 Å². The summed E-state index contributed by atoms with van der Waals surface area (Å²) in [4.78, 5) is 0. The van der Waals surface area contributed by atoms with E-state index in [0.29, 0.717) is 6.42 Å². The molecule has 1 fully saturated rings. The van der Waals surface area contributed by atoms with Gasteiger partial charge >= 0.3 is 0 Å². The zero-order valence-electron chi connectivity index (χ0n) is 11.7. The maximum Gasteiger partial charge on any atom is 0.162 e. The second-order valence-electron chi connectivity index (χ2n) is 5.45. The summed E-state index contributed by atoms with van der Waals surface area (Å²) in [5.41, 5.74) is 0.419. The monoisotopic (exact) mass is 310 g/mol. The molecule has 1 aliphatic rings. The largest absolute Gasteiger partial charge is 0.380 e. The predicted octanol–water partition coefficient (Wildman–Crippen LogP) is 4.53. The average Bonchev–Trinajstić information content (AvgIpc) is 2.53. The van der Waals surface area contributed by atoms with Gasteiger partial charge in [-0.2, -0.15) is 0 Å². The van der Waals surface area contributed by atoms with Crippen LogP contribution < -0.4 is 0 Å². The fraction of sp³-hybridized carbons (Fsp3) is 0.294. The van der Waals surface area contributed by atoms with E-state index in [4.69, 9.17) is 4.74 Å². The Bertz CT molecular complexity index is 629. The van der Waals surface area contributed by atoms with Crippen LogP contribution in [0.25, 0.3) is 0 Å². The van der Waals surface area contributed by atoms with Crippen molar-refractivity contribution < 1.29 is 22.3 Å². The van der Waals surface area contributed by atoms with Crippen LogP contribution in [-0.4, -0.2) is 13.2 Å². The highest BCUT2D eigenvalue weighted by atomic mass is 19.2. The fourth-order valence-electron chi connectivity index (χ4n) is 2.94. The molecule has 0 aliphatic carbocycles. The molecule has 0 saturated carbocycles. The van der Waals surface area contributed by atoms with Gasteiger partial charge in [-0.15, -0.1) is 0 Å². The summed E-state index contributed by atoms with van der Waals surface area (Å²) < 4.78 is 59.9. The smallest absolute Gasteiger partial charge is 0.162 e. The Morgan fingerprint density at radius 2 is 1.18 bits per heavy atom. The number of benzene rings is 2. The van der Waals surface area contributed by atoms with E-state index in [9.17, 15) is 17.6 Å². The summed E-state index contributed by atoms with van der Waals surface area (Å²) in [7, 11) is 0. The Morgan fingerprint density at radius 3 is 1.64 bits per heavy atom. The van der Waals surface area contributed by atoms with Crippen LogP contribution in [-0.2, 0) is 4.74 Å². The second kappa shape index (κ2) is 6.08. The van der Waals surface area contributed by atoms with Crippen molar-refractivity contribution >= 4 is 0 Å². The normalized spacial score (nSPS) is 21.8. The van der Waals surface area contributed by atoms with Gasteiger partial charge in [-0.1, -0.05) is 24.3 Å². The number of halogens is 4. The van der Waals surface area contributed by atoms with Crippen LogP contribution in [0.5, 0.6) is 0 Å². The molecule has 5 heteroatoms. The number of hydrogen-bond donors (Lipinski definition) is 0. The lowest BCUT2D eigenvalue weighted by molar-refractivity contribution is 0.0620. The Morgan fingerprint density at radius 1 is 0.727 bits per heavy atom. The predicted molar refractivity (Wildman–Crippen MR) is 73.6 cm³/mol. The standard InChI is InChI=1S/C17H14F4O/c18-14-5-1-3-12(16(14)20)10-7-11(9-22-8-10)13-4-2-6-15(19)17(13)21/h1-6,10-11H,7-9H2. The number of rotatable bonds is 2. The topological polar surface area (TPSA) is 9.23 Å². The van der Waals surface area contributed by atoms with Crippen LogP contribution in [0.1, 0.15) is 29.4 Å². The summed E-state index contributed by atoms with van der Waals surface area (Å²) >= 11 is 0. The Balaban J connectivity index is 1.88. The summed E-state index contributed by atoms with van der Waals surface area (Å²) in [6.45, 7) is 0.460. The molecular formula is C17H14F4O. The highest BCUT2D eigenvalue weighted by molar-refractivity contribution is 5.28. The third kappa shape index (κ3) is 2.73. The van der Waals surface area contributed by atoms with E-state index in [1.54, 1.807) is 0 Å². The maximum atomic E-state index is 13.9. The number of hydrogen-bond acceptors (Lipinski definition) is 1. The SMILES string of the molecule is Fc1cccc(C2COCC(c3cccc(F)c3F)C2)c1F. The third-order valence-electron chi connectivity index (χ3n) is 4.05. The minimum atomic E-state index is -0.920. The highest BCUT2D eigenvalue weighted by Crippen LogP contribution is 2.37. The summed E-state index contributed by atoms with van der Waals surface area (Å²) in [5.74, 6) is -4.43. The fourth-order valence-corrected chi connectivity index (χ4v) is 2.94. The Labute approximate surface area is 125 Å². The van der Waals surface area contributed by atoms with Crippen molar-refractivity contribution in [3.05, 3.63) is 70.8 Å². The van der Waals surface area contributed by atoms with Crippen LogP contribution >= 0.6 is 0 Å². The molecule has 2 aromatic carbocycles. The van der Waals surface area contributed by atoms with Crippen molar-refractivity contribution in [2.45, 2.75) is 18.3 Å². The van der Waals surface area contributed by atoms with Crippen molar-refractivity contribution in [3.8, 4) is 0 Å². The van der Waals surface area contributed by atoms with Crippen molar-refractivity contribution in [2.75, 3.05) is 13.2 Å². The van der Waals surface area contributed by atoms with E-state index in [1.807, 2.05) is 0 Å². The van der Waals surface area contributed by atoms with Gasteiger partial charge in [0.15, 0.2) is 23.3 Å². The van der Waals surface area contributed by atoms with Gasteiger partial charge in [-0.3, -0.25) is 0 Å². The van der Waals surface area contributed by atoms with Crippen LogP contribution in [0, 0.1) is 23.3 Å². The zero-order valence-corrected chi connectivity index (χ0v) is 11.7. The van der Waals surface area contributed by atoms with Gasteiger partial charge < -0.3 is 4.74 Å². The molecular weight excluding hydrogens is 296 g/mol. The van der Waals surface area contributed by atoms with E-state index in [0.717, 1.165) is 12.1 Å². The van der Waals surface area contributed by atoms with Crippen molar-refractivity contribution in [1.82, 2.24) is 0 Å². The lowest BCUT2D eigenvalue weighted by Crippen LogP contribution is -2.24. The average molecular weight is 310 g/mol. The molecule has 2 unspecified atom stereocenters. The number of ether oxygens (including phenoxy) is 1. The zero-order chi connectivity index (χ0) is 15.7. The van der Waals surface area contributed by atoms with Crippen molar-refractivity contribution in [1.29, 1.82) is 0 Å². The first-order valence-electron chi connectivity index (χ1n) is 7.03. The molecule has 0 radical (unpaired) electrons. The molecule has 0 bridgehead atoms. The molecule has 0 aromatic heterocycles. The van der Waals surface area contributed by atoms with Crippen LogP contribution in [0.4, 0.5) is 17.6 Å². The van der Waals surface area contributed by atoms with Gasteiger partial charge in [-0.05, 0) is 29.7 Å². The lowest BCUT2D eigenvalue weighted by atomic mass is 9.83. The summed E-state index contributed by atoms with van der Waals surface area (Å²) in [6, 6.07) is 7.95. The molecule has 1 aliphatic heterocycles. The molecule has 1 nitrogen and oxygen atoms in total. The summed E-state index contributed by atoms with van der Waals surface area (Å²) in [5, 5.41) is 0. The van der Waals surface area contributed by atoms with Crippen LogP contribution in [0.3, 0.4) is 0 Å². The van der Waals surface area contributed by atoms with E-state index >= 15 is 0 Å². The molecule has 2 atom stereocenters. The maximum absolute atomic E-state index is 13.9. The van der Waals surface area contributed by atoms with Gasteiger partial charge in [0.2, 0.25) is 0 Å². The van der Waals surface area contributed by atoms with Crippen LogP contribution in [0.15, 0.2) is 36.4 Å². The van der Waals surface area contributed by atoms with E-state index in [2.05, 4.69) is 0 Å². The molecule has 22 heavy (non-hydrogen) atoms. The third-order valence-corrected chi connectivity index (χ3v) is 4.05. The molecule has 1 heterocycles. The minimum absolute atomic E-state index is 0.210. The molecule has 116 valence electrons. The first-order valence-corrected chi connectivity index (χ1v) is 7.03. The first-order chi connectivity index (χ1) is 10.6. The van der Waals surface area contributed by atoms with Crippen molar-refractivity contribution in [3.63, 3.8) is 0 Å². The van der Waals surface area contributed by atoms with Gasteiger partial charge in [0.25, 0.3) is 0 Å². The second-order valence-corrected chi connectivity index (χ2v) is 5.45. The quantitative estimate of drug-likeness (QED) is 0.741. The molecule has 0 amide bonds. The summed E-state index contributed by atoms with van der Waals surface area (Å²) in [6.07, 6.45) is 0.376. The Kier molecular flexibility index (Phi) is 4.16. The Hall–Kier alpha value is -1.88. The van der Waals surface area contributed by atoms with Gasteiger partial charge in [0.05, 0.1) is 13.2 Å². The molecule has 3 rings (SSSR count). The molecule has 0 N–H and O–H groups in total. The van der Waals surface area contributed by atoms with E-state index in [-0.39, 0.29) is 24.3 Å².